The topological polar surface area (TPSA) is 39.1 Å². The molecule has 1 saturated heterocycles. The molecule has 1 N–H and O–H groups in total. The summed E-state index contributed by atoms with van der Waals surface area (Å²) in [4.78, 5) is 2.12. The molecule has 4 heteroatoms. The van der Waals surface area contributed by atoms with Gasteiger partial charge in [0, 0.05) is 24.7 Å². The fourth-order valence-corrected chi connectivity index (χ4v) is 2.39. The van der Waals surface area contributed by atoms with Gasteiger partial charge in [-0.15, -0.1) is 0 Å². The van der Waals surface area contributed by atoms with Crippen LogP contribution in [0, 0.1) is 17.1 Å². The molecular weight excluding hydrogens is 229 g/mol. The van der Waals surface area contributed by atoms with Gasteiger partial charge in [-0.1, -0.05) is 6.07 Å². The SMILES string of the molecule is CN(Cc1ccc(C#N)cc1F)CC1CCCN1. The number of rotatable bonds is 4. The molecule has 0 bridgehead atoms. The van der Waals surface area contributed by atoms with Gasteiger partial charge in [-0.2, -0.15) is 5.26 Å². The number of nitrogens with zero attached hydrogens (tertiary/aromatic N) is 2. The maximum Gasteiger partial charge on any atom is 0.129 e. The van der Waals surface area contributed by atoms with E-state index < -0.39 is 0 Å². The van der Waals surface area contributed by atoms with Crippen molar-refractivity contribution in [2.45, 2.75) is 25.4 Å². The van der Waals surface area contributed by atoms with Gasteiger partial charge in [-0.25, -0.2) is 4.39 Å². The highest BCUT2D eigenvalue weighted by Crippen LogP contribution is 2.13. The van der Waals surface area contributed by atoms with Crippen LogP contribution in [0.1, 0.15) is 24.0 Å². The van der Waals surface area contributed by atoms with Gasteiger partial charge in [0.25, 0.3) is 0 Å². The predicted molar refractivity (Wildman–Crippen MR) is 68.5 cm³/mol. The third-order valence-electron chi connectivity index (χ3n) is 3.32. The van der Waals surface area contributed by atoms with Crippen LogP contribution in [-0.4, -0.2) is 31.1 Å². The summed E-state index contributed by atoms with van der Waals surface area (Å²) >= 11 is 0. The molecule has 0 spiro atoms. The van der Waals surface area contributed by atoms with E-state index in [0.29, 0.717) is 23.7 Å². The van der Waals surface area contributed by atoms with Gasteiger partial charge >= 0.3 is 0 Å². The molecule has 1 aliphatic rings. The molecule has 1 unspecified atom stereocenters. The highest BCUT2D eigenvalue weighted by atomic mass is 19.1. The molecule has 1 aromatic carbocycles. The first-order valence-corrected chi connectivity index (χ1v) is 6.29. The molecule has 0 saturated carbocycles. The van der Waals surface area contributed by atoms with Crippen LogP contribution in [-0.2, 0) is 6.54 Å². The molecule has 0 radical (unpaired) electrons. The second kappa shape index (κ2) is 5.94. The molecule has 96 valence electrons. The van der Waals surface area contributed by atoms with E-state index in [4.69, 9.17) is 5.26 Å². The monoisotopic (exact) mass is 247 g/mol. The lowest BCUT2D eigenvalue weighted by Gasteiger charge is -2.21. The van der Waals surface area contributed by atoms with Gasteiger partial charge in [0.2, 0.25) is 0 Å². The van der Waals surface area contributed by atoms with E-state index in [1.54, 1.807) is 12.1 Å². The summed E-state index contributed by atoms with van der Waals surface area (Å²) in [6.07, 6.45) is 2.42. The van der Waals surface area contributed by atoms with Crippen LogP contribution in [0.2, 0.25) is 0 Å². The lowest BCUT2D eigenvalue weighted by Crippen LogP contribution is -2.35. The summed E-state index contributed by atoms with van der Waals surface area (Å²) in [5.74, 6) is -0.291. The van der Waals surface area contributed by atoms with Crippen LogP contribution < -0.4 is 5.32 Å². The fourth-order valence-electron chi connectivity index (χ4n) is 2.39. The van der Waals surface area contributed by atoms with Gasteiger partial charge in [-0.05, 0) is 38.6 Å². The van der Waals surface area contributed by atoms with Crippen molar-refractivity contribution >= 4 is 0 Å². The van der Waals surface area contributed by atoms with Crippen molar-refractivity contribution in [1.82, 2.24) is 10.2 Å². The molecule has 1 atom stereocenters. The van der Waals surface area contributed by atoms with Gasteiger partial charge in [-0.3, -0.25) is 0 Å². The molecule has 1 aromatic rings. The Hall–Kier alpha value is -1.44. The average molecular weight is 247 g/mol. The quantitative estimate of drug-likeness (QED) is 0.883. The van der Waals surface area contributed by atoms with Crippen molar-refractivity contribution < 1.29 is 4.39 Å². The Labute approximate surface area is 107 Å². The lowest BCUT2D eigenvalue weighted by atomic mass is 10.1. The number of hydrogen-bond acceptors (Lipinski definition) is 3. The zero-order valence-corrected chi connectivity index (χ0v) is 10.6. The molecule has 1 heterocycles. The Morgan fingerprint density at radius 3 is 3.00 bits per heavy atom. The minimum Gasteiger partial charge on any atom is -0.313 e. The Kier molecular flexibility index (Phi) is 4.29. The first kappa shape index (κ1) is 13.0. The molecule has 18 heavy (non-hydrogen) atoms. The average Bonchev–Trinajstić information content (AvgIpc) is 2.84. The number of benzene rings is 1. The minimum atomic E-state index is -0.291. The highest BCUT2D eigenvalue weighted by Gasteiger charge is 2.16. The lowest BCUT2D eigenvalue weighted by molar-refractivity contribution is 0.289. The summed E-state index contributed by atoms with van der Waals surface area (Å²) in [6.45, 7) is 2.60. The van der Waals surface area contributed by atoms with E-state index in [1.807, 2.05) is 13.1 Å². The zero-order chi connectivity index (χ0) is 13.0. The zero-order valence-electron chi connectivity index (χ0n) is 10.6. The van der Waals surface area contributed by atoms with E-state index in [2.05, 4.69) is 10.2 Å². The second-order valence-corrected chi connectivity index (χ2v) is 4.91. The van der Waals surface area contributed by atoms with Crippen molar-refractivity contribution in [3.05, 3.63) is 35.1 Å². The first-order valence-electron chi connectivity index (χ1n) is 6.29. The smallest absolute Gasteiger partial charge is 0.129 e. The maximum absolute atomic E-state index is 13.7. The molecule has 0 amide bonds. The number of nitrogens with one attached hydrogen (secondary N) is 1. The number of hydrogen-bond donors (Lipinski definition) is 1. The summed E-state index contributed by atoms with van der Waals surface area (Å²) < 4.78 is 13.7. The summed E-state index contributed by atoms with van der Waals surface area (Å²) in [6, 6.07) is 7.14. The van der Waals surface area contributed by atoms with Crippen molar-refractivity contribution in [1.29, 1.82) is 5.26 Å². The minimum absolute atomic E-state index is 0.291. The van der Waals surface area contributed by atoms with Crippen molar-refractivity contribution in [3.63, 3.8) is 0 Å². The van der Waals surface area contributed by atoms with E-state index >= 15 is 0 Å². The van der Waals surface area contributed by atoms with Gasteiger partial charge in [0.15, 0.2) is 0 Å². The van der Waals surface area contributed by atoms with Crippen LogP contribution in [0.3, 0.4) is 0 Å². The second-order valence-electron chi connectivity index (χ2n) is 4.91. The van der Waals surface area contributed by atoms with Crippen LogP contribution >= 0.6 is 0 Å². The van der Waals surface area contributed by atoms with E-state index in [9.17, 15) is 4.39 Å². The van der Waals surface area contributed by atoms with Crippen LogP contribution in [0.5, 0.6) is 0 Å². The fraction of sp³-hybridized carbons (Fsp3) is 0.500. The van der Waals surface area contributed by atoms with Crippen molar-refractivity contribution in [2.24, 2.45) is 0 Å². The molecule has 3 nitrogen and oxygen atoms in total. The summed E-state index contributed by atoms with van der Waals surface area (Å²) in [5.41, 5.74) is 1.02. The highest BCUT2D eigenvalue weighted by molar-refractivity contribution is 5.32. The Bertz CT molecular complexity index is 447. The largest absolute Gasteiger partial charge is 0.313 e. The van der Waals surface area contributed by atoms with Gasteiger partial charge in [0.1, 0.15) is 5.82 Å². The predicted octanol–water partition coefficient (Wildman–Crippen LogP) is 1.88. The van der Waals surface area contributed by atoms with E-state index in [1.165, 1.54) is 18.9 Å². The molecule has 2 rings (SSSR count). The normalized spacial score (nSPS) is 19.1. The third kappa shape index (κ3) is 3.28. The van der Waals surface area contributed by atoms with Gasteiger partial charge in [0.05, 0.1) is 11.6 Å². The maximum atomic E-state index is 13.7. The summed E-state index contributed by atoms with van der Waals surface area (Å²) in [7, 11) is 2.00. The van der Waals surface area contributed by atoms with Gasteiger partial charge < -0.3 is 10.2 Å². The number of halogens is 1. The molecular formula is C14H18FN3. The van der Waals surface area contributed by atoms with E-state index in [0.717, 1.165) is 13.1 Å². The Balaban J connectivity index is 1.94. The molecule has 0 aromatic heterocycles. The Morgan fingerprint density at radius 1 is 1.56 bits per heavy atom. The molecule has 1 aliphatic heterocycles. The van der Waals surface area contributed by atoms with Crippen molar-refractivity contribution in [2.75, 3.05) is 20.1 Å². The van der Waals surface area contributed by atoms with Crippen LogP contribution in [0.15, 0.2) is 18.2 Å². The molecule has 0 aliphatic carbocycles. The standard InChI is InChI=1S/C14H18FN3/c1-18(10-13-3-2-6-17-13)9-12-5-4-11(8-16)7-14(12)15/h4-5,7,13,17H,2-3,6,9-10H2,1H3. The Morgan fingerprint density at radius 2 is 2.39 bits per heavy atom. The first-order chi connectivity index (χ1) is 8.69. The third-order valence-corrected chi connectivity index (χ3v) is 3.32. The van der Waals surface area contributed by atoms with E-state index in [-0.39, 0.29) is 5.82 Å². The molecule has 1 fully saturated rings. The number of likely N-dealkylation sites (N-methyl/N-ethyl adjacent to an activating group) is 1. The number of nitriles is 1. The van der Waals surface area contributed by atoms with Crippen molar-refractivity contribution in [3.8, 4) is 6.07 Å². The van der Waals surface area contributed by atoms with Crippen LogP contribution in [0.25, 0.3) is 0 Å². The van der Waals surface area contributed by atoms with Crippen LogP contribution in [0.4, 0.5) is 4.39 Å². The summed E-state index contributed by atoms with van der Waals surface area (Å²) in [5, 5.41) is 12.1.